The summed E-state index contributed by atoms with van der Waals surface area (Å²) in [4.78, 5) is 23.8. The molecule has 7 aromatic rings. The molecule has 0 fully saturated rings. The van der Waals surface area contributed by atoms with E-state index in [4.69, 9.17) is 13.8 Å². The smallest absolute Gasteiger partial charge is 0.346 e. The molecule has 1 aliphatic rings. The summed E-state index contributed by atoms with van der Waals surface area (Å²) >= 11 is 4.78. The van der Waals surface area contributed by atoms with Gasteiger partial charge in [0.25, 0.3) is 0 Å². The SMILES string of the molecule is CCCCCCOc1ccc(N(c2ccc(OCCCCCC)cc2)c2ccc(-c3cc4c(s3)-c3sc(-c5cnc(/C=C(\C#N)C(=O)O)c6nsnc56)cc3C4(CCCCCC)CCCCCC)cc2)cc1. The molecule has 0 bridgehead atoms. The van der Waals surface area contributed by atoms with Gasteiger partial charge < -0.3 is 19.5 Å². The van der Waals surface area contributed by atoms with Crippen LogP contribution in [0.2, 0.25) is 0 Å². The molecule has 0 spiro atoms. The number of ether oxygens (including phenoxy) is 2. The van der Waals surface area contributed by atoms with Crippen molar-refractivity contribution in [1.82, 2.24) is 13.7 Å². The second-order valence-corrected chi connectivity index (χ2v) is 21.7. The molecule has 0 unspecified atom stereocenters. The first kappa shape index (κ1) is 52.5. The average molecular weight is 1020 g/mol. The quantitative estimate of drug-likeness (QED) is 0.0278. The standard InChI is InChI=1S/C60H69N5O4S3/c1-5-9-13-17-33-60(34-18-14-10-6-2)50-38-53(70-57(50)58-51(60)39-54(71-58)49-41-62-52(37-43(40-61)59(66)67)56-55(49)63-72-64-56)42-21-23-44(24-22-42)65(45-25-29-47(30-26-45)68-35-19-15-11-7-3)46-27-31-48(32-28-46)69-36-20-16-12-8-4/h21-32,37-39,41H,5-20,33-36H2,1-4H3,(H,66,67)/b43-37+. The highest BCUT2D eigenvalue weighted by molar-refractivity contribution is 7.25. The Morgan fingerprint density at radius 3 is 1.61 bits per heavy atom. The Bertz CT molecular complexity index is 2860. The van der Waals surface area contributed by atoms with E-state index in [0.29, 0.717) is 16.7 Å². The molecule has 9 nitrogen and oxygen atoms in total. The minimum Gasteiger partial charge on any atom is -0.494 e. The fraction of sp³-hybridized carbons (Fsp3) is 0.417. The van der Waals surface area contributed by atoms with E-state index in [-0.39, 0.29) is 5.41 Å². The molecule has 8 rings (SSSR count). The molecule has 0 saturated heterocycles. The number of hydrogen-bond acceptors (Lipinski definition) is 11. The molecular weight excluding hydrogens is 951 g/mol. The number of benzene rings is 3. The maximum atomic E-state index is 11.8. The maximum absolute atomic E-state index is 11.8. The molecule has 12 heteroatoms. The van der Waals surface area contributed by atoms with E-state index >= 15 is 0 Å². The number of rotatable bonds is 29. The van der Waals surface area contributed by atoms with Crippen LogP contribution in [-0.4, -0.2) is 38.0 Å². The third kappa shape index (κ3) is 12.1. The number of pyridine rings is 1. The van der Waals surface area contributed by atoms with E-state index in [1.165, 1.54) is 114 Å². The number of aromatic nitrogens is 3. The lowest BCUT2D eigenvalue weighted by molar-refractivity contribution is -0.132. The van der Waals surface area contributed by atoms with Crippen molar-refractivity contribution in [2.45, 2.75) is 149 Å². The summed E-state index contributed by atoms with van der Waals surface area (Å²) in [6.45, 7) is 10.5. The van der Waals surface area contributed by atoms with E-state index in [1.54, 1.807) is 23.6 Å². The van der Waals surface area contributed by atoms with Crippen molar-refractivity contribution in [3.63, 3.8) is 0 Å². The number of thiophene rings is 2. The Kier molecular flexibility index (Phi) is 18.7. The van der Waals surface area contributed by atoms with Gasteiger partial charge in [0.05, 0.1) is 30.6 Å². The van der Waals surface area contributed by atoms with Crippen molar-refractivity contribution in [2.24, 2.45) is 0 Å². The highest BCUT2D eigenvalue weighted by Gasteiger charge is 2.45. The first-order chi connectivity index (χ1) is 35.3. The van der Waals surface area contributed by atoms with Gasteiger partial charge >= 0.3 is 5.97 Å². The predicted octanol–water partition coefficient (Wildman–Crippen LogP) is 18.1. The van der Waals surface area contributed by atoms with Gasteiger partial charge in [-0.25, -0.2) is 4.79 Å². The highest BCUT2D eigenvalue weighted by Crippen LogP contribution is 2.62. The van der Waals surface area contributed by atoms with Crippen molar-refractivity contribution in [2.75, 3.05) is 18.1 Å². The molecule has 0 radical (unpaired) electrons. The fourth-order valence-corrected chi connectivity index (χ4v) is 13.3. The summed E-state index contributed by atoms with van der Waals surface area (Å²) in [6.07, 6.45) is 24.2. The van der Waals surface area contributed by atoms with Crippen LogP contribution in [0.15, 0.2) is 96.7 Å². The van der Waals surface area contributed by atoms with Crippen molar-refractivity contribution < 1.29 is 19.4 Å². The zero-order chi connectivity index (χ0) is 50.3. The minimum absolute atomic E-state index is 0.123. The lowest BCUT2D eigenvalue weighted by Crippen LogP contribution is -2.25. The van der Waals surface area contributed by atoms with E-state index in [0.717, 1.165) is 102 Å². The van der Waals surface area contributed by atoms with Gasteiger partial charge in [0.1, 0.15) is 34.2 Å². The van der Waals surface area contributed by atoms with Gasteiger partial charge in [-0.15, -0.1) is 22.7 Å². The number of unbranched alkanes of at least 4 members (excludes halogenated alkanes) is 12. The molecule has 4 heterocycles. The third-order valence-corrected chi connectivity index (χ3v) is 17.0. The van der Waals surface area contributed by atoms with Crippen LogP contribution in [-0.2, 0) is 10.2 Å². The van der Waals surface area contributed by atoms with Crippen molar-refractivity contribution in [3.8, 4) is 48.2 Å². The zero-order valence-electron chi connectivity index (χ0n) is 42.5. The van der Waals surface area contributed by atoms with E-state index in [2.05, 4.69) is 127 Å². The summed E-state index contributed by atoms with van der Waals surface area (Å²) in [5.41, 5.74) is 9.12. The van der Waals surface area contributed by atoms with Gasteiger partial charge in [-0.05, 0) is 121 Å². The van der Waals surface area contributed by atoms with Crippen LogP contribution in [0.3, 0.4) is 0 Å². The molecule has 0 atom stereocenters. The normalized spacial score (nSPS) is 12.7. The number of anilines is 3. The lowest BCUT2D eigenvalue weighted by Gasteiger charge is -2.31. The number of carboxylic acids is 1. The van der Waals surface area contributed by atoms with Gasteiger partial charge in [0.2, 0.25) is 0 Å². The van der Waals surface area contributed by atoms with Crippen LogP contribution in [0.1, 0.15) is 160 Å². The van der Waals surface area contributed by atoms with Crippen molar-refractivity contribution in [1.29, 1.82) is 5.26 Å². The molecule has 3 aromatic carbocycles. The molecule has 0 aliphatic heterocycles. The largest absolute Gasteiger partial charge is 0.494 e. The lowest BCUT2D eigenvalue weighted by atomic mass is 9.71. The summed E-state index contributed by atoms with van der Waals surface area (Å²) < 4.78 is 21.6. The highest BCUT2D eigenvalue weighted by atomic mass is 32.1. The number of carboxylic acid groups (broad SMARTS) is 1. The van der Waals surface area contributed by atoms with E-state index in [9.17, 15) is 15.2 Å². The van der Waals surface area contributed by atoms with Gasteiger partial charge in [0.15, 0.2) is 0 Å². The van der Waals surface area contributed by atoms with Crippen molar-refractivity contribution in [3.05, 3.63) is 114 Å². The van der Waals surface area contributed by atoms with Crippen LogP contribution < -0.4 is 14.4 Å². The number of hydrogen-bond donors (Lipinski definition) is 1. The molecule has 1 N–H and O–H groups in total. The molecule has 1 aliphatic carbocycles. The number of aliphatic carboxylic acids is 1. The second-order valence-electron chi connectivity index (χ2n) is 19.1. The summed E-state index contributed by atoms with van der Waals surface area (Å²) in [7, 11) is 0. The molecular formula is C60H69N5O4S3. The summed E-state index contributed by atoms with van der Waals surface area (Å²) in [5.74, 6) is 0.478. The Hall–Kier alpha value is -5.87. The van der Waals surface area contributed by atoms with Gasteiger partial charge in [-0.2, -0.15) is 14.0 Å². The fourth-order valence-electron chi connectivity index (χ4n) is 10.0. The van der Waals surface area contributed by atoms with Crippen molar-refractivity contribution >= 4 is 74.5 Å². The Morgan fingerprint density at radius 1 is 0.639 bits per heavy atom. The van der Waals surface area contributed by atoms with Crippen LogP contribution in [0.4, 0.5) is 17.1 Å². The van der Waals surface area contributed by atoms with Crippen LogP contribution >= 0.6 is 34.4 Å². The Morgan fingerprint density at radius 2 is 1.11 bits per heavy atom. The van der Waals surface area contributed by atoms with Gasteiger partial charge in [0, 0.05) is 53.7 Å². The molecule has 0 amide bonds. The molecule has 4 aromatic heterocycles. The average Bonchev–Trinajstić information content (AvgIpc) is 4.22. The number of nitrogens with zero attached hydrogens (tertiary/aromatic N) is 5. The second kappa shape index (κ2) is 25.7. The summed E-state index contributed by atoms with van der Waals surface area (Å²) in [5, 5.41) is 19.1. The van der Waals surface area contributed by atoms with Crippen LogP contribution in [0.25, 0.3) is 47.7 Å². The predicted molar refractivity (Wildman–Crippen MR) is 301 cm³/mol. The van der Waals surface area contributed by atoms with Crippen LogP contribution in [0, 0.1) is 11.3 Å². The minimum atomic E-state index is -1.30. The maximum Gasteiger partial charge on any atom is 0.346 e. The molecule has 0 saturated carbocycles. The third-order valence-electron chi connectivity index (χ3n) is 14.0. The number of carbonyl (C=O) groups is 1. The Balaban J connectivity index is 1.15. The Labute approximate surface area is 438 Å². The van der Waals surface area contributed by atoms with Crippen LogP contribution in [0.5, 0.6) is 11.5 Å². The first-order valence-electron chi connectivity index (χ1n) is 26.4. The summed E-state index contributed by atoms with van der Waals surface area (Å²) in [6, 6.07) is 32.8. The first-order valence-corrected chi connectivity index (χ1v) is 28.8. The van der Waals surface area contributed by atoms with Gasteiger partial charge in [-0.3, -0.25) is 4.98 Å². The molecule has 376 valence electrons. The number of nitriles is 1. The van der Waals surface area contributed by atoms with E-state index < -0.39 is 11.5 Å². The van der Waals surface area contributed by atoms with Gasteiger partial charge in [-0.1, -0.05) is 130 Å². The topological polar surface area (TPSA) is 121 Å². The zero-order valence-corrected chi connectivity index (χ0v) is 45.0. The monoisotopic (exact) mass is 1020 g/mol. The number of fused-ring (bicyclic) bond motifs is 4. The van der Waals surface area contributed by atoms with E-state index in [1.807, 2.05) is 11.3 Å². The molecule has 72 heavy (non-hydrogen) atoms.